The number of nitrogens with zero attached hydrogens (tertiary/aromatic N) is 2. The van der Waals surface area contributed by atoms with Crippen molar-refractivity contribution in [2.75, 3.05) is 11.9 Å². The third-order valence-electron chi connectivity index (χ3n) is 5.72. The number of amides is 1. The average molecular weight is 554 g/mol. The van der Waals surface area contributed by atoms with Gasteiger partial charge >= 0.3 is 0 Å². The van der Waals surface area contributed by atoms with Crippen LogP contribution < -0.4 is 10.1 Å². The van der Waals surface area contributed by atoms with Crippen LogP contribution in [0.4, 0.5) is 17.1 Å². The number of hydrogen-bond donors (Lipinski definition) is 3. The van der Waals surface area contributed by atoms with E-state index >= 15 is 0 Å². The maximum Gasteiger partial charge on any atom is 0.296 e. The summed E-state index contributed by atoms with van der Waals surface area (Å²) in [6.07, 6.45) is 0.472. The zero-order chi connectivity index (χ0) is 27.4. The fraction of sp³-hybridized carbons (Fsp3) is 0.148. The number of phenolic OH excluding ortho intramolecular Hbond substituents is 1. The van der Waals surface area contributed by atoms with Crippen LogP contribution >= 0.6 is 11.6 Å². The first-order valence-corrected chi connectivity index (χ1v) is 13.4. The lowest BCUT2D eigenvalue weighted by Gasteiger charge is -2.13. The fourth-order valence-electron chi connectivity index (χ4n) is 3.88. The molecule has 0 unspecified atom stereocenters. The molecule has 0 saturated heterocycles. The number of halogens is 1. The summed E-state index contributed by atoms with van der Waals surface area (Å²) >= 11 is 6.14. The maximum atomic E-state index is 13.2. The van der Waals surface area contributed by atoms with Crippen LogP contribution in [0, 0.1) is 0 Å². The monoisotopic (exact) mass is 553 g/mol. The molecule has 0 radical (unpaired) electrons. The third kappa shape index (κ3) is 5.62. The average Bonchev–Trinajstić information content (AvgIpc) is 2.89. The molecule has 0 heterocycles. The van der Waals surface area contributed by atoms with Crippen molar-refractivity contribution >= 4 is 55.5 Å². The highest BCUT2D eigenvalue weighted by atomic mass is 35.5. The second-order valence-corrected chi connectivity index (χ2v) is 9.96. The lowest BCUT2D eigenvalue weighted by atomic mass is 10.0. The smallest absolute Gasteiger partial charge is 0.296 e. The van der Waals surface area contributed by atoms with Gasteiger partial charge in [-0.05, 0) is 54.6 Å². The molecule has 4 rings (SSSR count). The fourth-order valence-corrected chi connectivity index (χ4v) is 4.87. The van der Waals surface area contributed by atoms with E-state index in [1.54, 1.807) is 48.5 Å². The molecule has 1 amide bonds. The van der Waals surface area contributed by atoms with Crippen molar-refractivity contribution < 1.29 is 27.6 Å². The minimum absolute atomic E-state index is 0.0550. The lowest BCUT2D eigenvalue weighted by molar-refractivity contribution is 0.102. The van der Waals surface area contributed by atoms with Gasteiger partial charge in [0.15, 0.2) is 5.75 Å². The first kappa shape index (κ1) is 27.1. The van der Waals surface area contributed by atoms with Crippen LogP contribution in [-0.4, -0.2) is 30.6 Å². The van der Waals surface area contributed by atoms with E-state index < -0.39 is 26.7 Å². The maximum absolute atomic E-state index is 13.2. The van der Waals surface area contributed by atoms with Crippen molar-refractivity contribution in [2.45, 2.75) is 25.2 Å². The summed E-state index contributed by atoms with van der Waals surface area (Å²) in [5, 5.41) is 23.3. The highest BCUT2D eigenvalue weighted by Crippen LogP contribution is 2.41. The molecule has 3 N–H and O–H groups in total. The summed E-state index contributed by atoms with van der Waals surface area (Å²) < 4.78 is 39.2. The van der Waals surface area contributed by atoms with Gasteiger partial charge in [0.05, 0.1) is 17.9 Å². The summed E-state index contributed by atoms with van der Waals surface area (Å²) in [5.74, 6) is -0.608. The molecular formula is C27H24ClN3O6S. The van der Waals surface area contributed by atoms with Gasteiger partial charge in [-0.2, -0.15) is 8.42 Å². The van der Waals surface area contributed by atoms with Crippen LogP contribution in [0.15, 0.2) is 81.9 Å². The Hall–Kier alpha value is -3.99. The van der Waals surface area contributed by atoms with Gasteiger partial charge < -0.3 is 15.2 Å². The Bertz CT molecular complexity index is 1670. The first-order valence-electron chi connectivity index (χ1n) is 11.6. The normalized spacial score (nSPS) is 11.7. The van der Waals surface area contributed by atoms with Crippen molar-refractivity contribution in [1.29, 1.82) is 0 Å². The number of anilines is 1. The molecule has 4 aromatic carbocycles. The van der Waals surface area contributed by atoms with Gasteiger partial charge in [-0.1, -0.05) is 54.9 Å². The summed E-state index contributed by atoms with van der Waals surface area (Å²) in [6, 6.07) is 17.8. The lowest BCUT2D eigenvalue weighted by Crippen LogP contribution is -2.13. The van der Waals surface area contributed by atoms with Gasteiger partial charge in [-0.15, -0.1) is 10.2 Å². The Morgan fingerprint density at radius 2 is 1.74 bits per heavy atom. The summed E-state index contributed by atoms with van der Waals surface area (Å²) in [4.78, 5) is 12.7. The van der Waals surface area contributed by atoms with E-state index in [-0.39, 0.29) is 22.0 Å². The van der Waals surface area contributed by atoms with Crippen LogP contribution in [0.1, 0.15) is 29.8 Å². The number of fused-ring (bicyclic) bond motifs is 1. The zero-order valence-corrected chi connectivity index (χ0v) is 22.0. The molecule has 9 nitrogen and oxygen atoms in total. The Labute approximate surface area is 224 Å². The molecule has 0 bridgehead atoms. The number of rotatable bonds is 8. The molecule has 0 spiro atoms. The van der Waals surface area contributed by atoms with E-state index in [9.17, 15) is 22.9 Å². The standard InChI is InChI=1S/C27H24ClN3O6S/c1-3-16-14-22(24(15-20(16)28)38(34,35)36)30-31-25-18-10-6-5-9-17(18)13-19(26(25)32)27(33)29-21-11-7-8-12-23(21)37-4-2/h5-15,32H,3-4H2,1-2H3,(H,29,33)(H,34,35,36). The summed E-state index contributed by atoms with van der Waals surface area (Å²) in [5.41, 5.74) is 0.701. The number of benzene rings is 4. The third-order valence-corrected chi connectivity index (χ3v) is 6.95. The minimum atomic E-state index is -4.68. The zero-order valence-electron chi connectivity index (χ0n) is 20.5. The molecule has 11 heteroatoms. The number of ether oxygens (including phenoxy) is 1. The molecule has 0 aliphatic rings. The Balaban J connectivity index is 1.84. The van der Waals surface area contributed by atoms with Crippen molar-refractivity contribution in [3.8, 4) is 11.5 Å². The molecule has 196 valence electrons. The van der Waals surface area contributed by atoms with Gasteiger partial charge in [0.25, 0.3) is 16.0 Å². The van der Waals surface area contributed by atoms with Gasteiger partial charge in [0.1, 0.15) is 22.0 Å². The Morgan fingerprint density at radius 1 is 1.03 bits per heavy atom. The van der Waals surface area contributed by atoms with E-state index in [0.29, 0.717) is 40.8 Å². The number of nitrogens with one attached hydrogen (secondary N) is 1. The molecule has 0 aliphatic heterocycles. The Morgan fingerprint density at radius 3 is 2.45 bits per heavy atom. The van der Waals surface area contributed by atoms with Crippen LogP contribution in [-0.2, 0) is 16.5 Å². The quantitative estimate of drug-likeness (QED) is 0.157. The molecule has 4 aromatic rings. The van der Waals surface area contributed by atoms with Gasteiger partial charge in [0.2, 0.25) is 0 Å². The van der Waals surface area contributed by atoms with Crippen molar-refractivity contribution in [1.82, 2.24) is 0 Å². The molecule has 0 aliphatic carbocycles. The topological polar surface area (TPSA) is 138 Å². The first-order chi connectivity index (χ1) is 18.1. The van der Waals surface area contributed by atoms with Crippen LogP contribution in [0.2, 0.25) is 5.02 Å². The number of carbonyl (C=O) groups excluding carboxylic acids is 1. The van der Waals surface area contributed by atoms with Crippen molar-refractivity contribution in [2.24, 2.45) is 10.2 Å². The second-order valence-electron chi connectivity index (χ2n) is 8.17. The van der Waals surface area contributed by atoms with Gasteiger partial charge in [-0.25, -0.2) is 0 Å². The molecule has 0 atom stereocenters. The highest BCUT2D eigenvalue weighted by Gasteiger charge is 2.21. The Kier molecular flexibility index (Phi) is 7.96. The number of carbonyl (C=O) groups is 1. The van der Waals surface area contributed by atoms with E-state index in [1.807, 2.05) is 13.8 Å². The van der Waals surface area contributed by atoms with E-state index in [2.05, 4.69) is 15.5 Å². The largest absolute Gasteiger partial charge is 0.505 e. The second kappa shape index (κ2) is 11.2. The van der Waals surface area contributed by atoms with Crippen LogP contribution in [0.25, 0.3) is 10.8 Å². The molecule has 0 fully saturated rings. The van der Waals surface area contributed by atoms with E-state index in [0.717, 1.165) is 6.07 Å². The SMILES string of the molecule is CCOc1ccccc1NC(=O)c1cc2ccccc2c(N=Nc2cc(CC)c(Cl)cc2S(=O)(=O)O)c1O. The van der Waals surface area contributed by atoms with E-state index in [4.69, 9.17) is 16.3 Å². The number of phenols is 1. The van der Waals surface area contributed by atoms with Crippen LogP contribution in [0.5, 0.6) is 11.5 Å². The number of hydrogen-bond acceptors (Lipinski definition) is 7. The number of para-hydroxylation sites is 2. The number of aromatic hydroxyl groups is 1. The highest BCUT2D eigenvalue weighted by molar-refractivity contribution is 7.86. The number of aryl methyl sites for hydroxylation is 1. The van der Waals surface area contributed by atoms with Crippen molar-refractivity contribution in [3.05, 3.63) is 82.9 Å². The summed E-state index contributed by atoms with van der Waals surface area (Å²) in [7, 11) is -4.68. The molecule has 0 aromatic heterocycles. The van der Waals surface area contributed by atoms with Crippen molar-refractivity contribution in [3.63, 3.8) is 0 Å². The predicted octanol–water partition coefficient (Wildman–Crippen LogP) is 7.07. The van der Waals surface area contributed by atoms with E-state index in [1.165, 1.54) is 12.1 Å². The molecule has 0 saturated carbocycles. The molecular weight excluding hydrogens is 530 g/mol. The van der Waals surface area contributed by atoms with Crippen LogP contribution in [0.3, 0.4) is 0 Å². The number of azo groups is 1. The van der Waals surface area contributed by atoms with Gasteiger partial charge in [-0.3, -0.25) is 9.35 Å². The molecule has 38 heavy (non-hydrogen) atoms. The predicted molar refractivity (Wildman–Crippen MR) is 146 cm³/mol. The van der Waals surface area contributed by atoms with Gasteiger partial charge in [0, 0.05) is 10.4 Å². The summed E-state index contributed by atoms with van der Waals surface area (Å²) in [6.45, 7) is 4.04. The minimum Gasteiger partial charge on any atom is -0.505 e.